The molecule has 2 rings (SSSR count). The van der Waals surface area contributed by atoms with E-state index in [2.05, 4.69) is 22.4 Å². The number of nitrogens with zero attached hydrogens (tertiary/aromatic N) is 2. The molecule has 102 valence electrons. The number of aromatic nitrogens is 2. The minimum atomic E-state index is -0.952. The third-order valence-electron chi connectivity index (χ3n) is 2.25. The van der Waals surface area contributed by atoms with Crippen LogP contribution in [0.4, 0.5) is 8.78 Å². The third-order valence-corrected chi connectivity index (χ3v) is 3.05. The van der Waals surface area contributed by atoms with E-state index >= 15 is 0 Å². The van der Waals surface area contributed by atoms with Crippen molar-refractivity contribution in [3.63, 3.8) is 0 Å². The van der Waals surface area contributed by atoms with Crippen molar-refractivity contribution in [1.82, 2.24) is 15.5 Å². The number of hydrogen-bond acceptors (Lipinski definition) is 5. The van der Waals surface area contributed by atoms with E-state index in [1.165, 1.54) is 17.4 Å². The number of rotatable bonds is 6. The van der Waals surface area contributed by atoms with Gasteiger partial charge in [0.05, 0.1) is 0 Å². The Hall–Kier alpha value is -1.60. The van der Waals surface area contributed by atoms with Gasteiger partial charge in [0.1, 0.15) is 10.8 Å². The van der Waals surface area contributed by atoms with Crippen LogP contribution in [0.25, 0.3) is 0 Å². The Morgan fingerprint density at radius 2 is 2.11 bits per heavy atom. The van der Waals surface area contributed by atoms with E-state index in [0.717, 1.165) is 30.1 Å². The lowest BCUT2D eigenvalue weighted by atomic mass is 10.3. The molecule has 0 saturated heterocycles. The summed E-state index contributed by atoms with van der Waals surface area (Å²) in [4.78, 5) is 0. The minimum Gasteiger partial charge on any atom is -0.430 e. The van der Waals surface area contributed by atoms with Gasteiger partial charge in [0.25, 0.3) is 5.19 Å². The largest absolute Gasteiger partial charge is 0.430 e. The molecule has 1 heterocycles. The summed E-state index contributed by atoms with van der Waals surface area (Å²) < 4.78 is 31.1. The van der Waals surface area contributed by atoms with Gasteiger partial charge in [-0.15, -0.1) is 5.10 Å². The van der Waals surface area contributed by atoms with Crippen LogP contribution in [0.1, 0.15) is 18.4 Å². The Morgan fingerprint density at radius 1 is 1.26 bits per heavy atom. The predicted octanol–water partition coefficient (Wildman–Crippen LogP) is 3.11. The summed E-state index contributed by atoms with van der Waals surface area (Å²) in [7, 11) is 0. The smallest absolute Gasteiger partial charge is 0.299 e. The maximum Gasteiger partial charge on any atom is 0.299 e. The zero-order valence-electron chi connectivity index (χ0n) is 10.3. The topological polar surface area (TPSA) is 47.0 Å². The van der Waals surface area contributed by atoms with Crippen LogP contribution in [-0.2, 0) is 6.54 Å². The molecule has 4 nitrogen and oxygen atoms in total. The Balaban J connectivity index is 1.97. The van der Waals surface area contributed by atoms with Crippen LogP contribution < -0.4 is 10.1 Å². The average Bonchev–Trinajstić information content (AvgIpc) is 2.82. The monoisotopic (exact) mass is 285 g/mol. The van der Waals surface area contributed by atoms with E-state index in [0.29, 0.717) is 11.7 Å². The first-order valence-corrected chi connectivity index (χ1v) is 6.66. The molecule has 0 atom stereocenters. The molecule has 0 saturated carbocycles. The summed E-state index contributed by atoms with van der Waals surface area (Å²) in [6.07, 6.45) is 1.04. The Labute approximate surface area is 113 Å². The summed E-state index contributed by atoms with van der Waals surface area (Å²) >= 11 is 1.27. The highest BCUT2D eigenvalue weighted by atomic mass is 32.1. The van der Waals surface area contributed by atoms with Crippen LogP contribution in [0.5, 0.6) is 10.9 Å². The molecule has 0 bridgehead atoms. The van der Waals surface area contributed by atoms with E-state index in [1.807, 2.05) is 0 Å². The second-order valence-corrected chi connectivity index (χ2v) is 4.84. The highest BCUT2D eigenvalue weighted by molar-refractivity contribution is 7.13. The molecule has 1 aromatic heterocycles. The molecule has 0 radical (unpaired) electrons. The van der Waals surface area contributed by atoms with E-state index in [4.69, 9.17) is 4.74 Å². The van der Waals surface area contributed by atoms with Crippen LogP contribution in [-0.4, -0.2) is 16.7 Å². The highest BCUT2D eigenvalue weighted by Crippen LogP contribution is 2.25. The zero-order valence-corrected chi connectivity index (χ0v) is 11.1. The summed E-state index contributed by atoms with van der Waals surface area (Å²) in [6, 6.07) is 3.33. The molecule has 1 N–H and O–H groups in total. The quantitative estimate of drug-likeness (QED) is 0.828. The Bertz CT molecular complexity index is 548. The average molecular weight is 285 g/mol. The van der Waals surface area contributed by atoms with Crippen LogP contribution >= 0.6 is 11.3 Å². The summed E-state index contributed by atoms with van der Waals surface area (Å²) in [5.41, 5.74) is 0. The van der Waals surface area contributed by atoms with Crippen molar-refractivity contribution >= 4 is 11.3 Å². The number of halogens is 2. The summed E-state index contributed by atoms with van der Waals surface area (Å²) in [6.45, 7) is 3.59. The lowest BCUT2D eigenvalue weighted by Gasteiger charge is -2.01. The normalized spacial score (nSPS) is 10.7. The van der Waals surface area contributed by atoms with E-state index in [9.17, 15) is 8.78 Å². The molecule has 0 aliphatic rings. The lowest BCUT2D eigenvalue weighted by molar-refractivity contribution is 0.455. The van der Waals surface area contributed by atoms with Gasteiger partial charge in [0.2, 0.25) is 0 Å². The van der Waals surface area contributed by atoms with Gasteiger partial charge in [-0.25, -0.2) is 8.78 Å². The predicted molar refractivity (Wildman–Crippen MR) is 68.3 cm³/mol. The van der Waals surface area contributed by atoms with Crippen molar-refractivity contribution < 1.29 is 13.5 Å². The lowest BCUT2D eigenvalue weighted by Crippen LogP contribution is -2.13. The molecule has 0 aliphatic carbocycles. The van der Waals surface area contributed by atoms with E-state index in [1.54, 1.807) is 0 Å². The van der Waals surface area contributed by atoms with Gasteiger partial charge in [0.15, 0.2) is 11.6 Å². The molecular formula is C12H13F2N3OS. The summed E-state index contributed by atoms with van der Waals surface area (Å²) in [5.74, 6) is -1.66. The first kappa shape index (κ1) is 13.8. The second-order valence-electron chi connectivity index (χ2n) is 3.82. The molecule has 0 amide bonds. The van der Waals surface area contributed by atoms with Gasteiger partial charge in [-0.2, -0.15) is 0 Å². The number of benzene rings is 1. The van der Waals surface area contributed by atoms with Crippen LogP contribution in [0, 0.1) is 11.6 Å². The molecule has 2 aromatic rings. The maximum absolute atomic E-state index is 13.0. The van der Waals surface area contributed by atoms with Crippen molar-refractivity contribution in [2.45, 2.75) is 19.9 Å². The van der Waals surface area contributed by atoms with Gasteiger partial charge < -0.3 is 10.1 Å². The molecule has 7 heteroatoms. The van der Waals surface area contributed by atoms with Gasteiger partial charge in [0, 0.05) is 12.6 Å². The number of ether oxygens (including phenoxy) is 1. The fourth-order valence-corrected chi connectivity index (χ4v) is 2.04. The molecule has 0 aliphatic heterocycles. The van der Waals surface area contributed by atoms with Crippen LogP contribution in [0.3, 0.4) is 0 Å². The Morgan fingerprint density at radius 3 is 2.84 bits per heavy atom. The van der Waals surface area contributed by atoms with Crippen molar-refractivity contribution in [2.24, 2.45) is 0 Å². The van der Waals surface area contributed by atoms with Gasteiger partial charge >= 0.3 is 0 Å². The molecule has 1 aromatic carbocycles. The SMILES string of the molecule is CCCNCc1nnc(Oc2ccc(F)c(F)c2)s1. The first-order valence-electron chi connectivity index (χ1n) is 5.85. The number of nitrogens with one attached hydrogen (secondary N) is 1. The number of hydrogen-bond donors (Lipinski definition) is 1. The fourth-order valence-electron chi connectivity index (χ4n) is 1.36. The summed E-state index contributed by atoms with van der Waals surface area (Å²) in [5, 5.41) is 12.0. The third kappa shape index (κ3) is 3.93. The standard InChI is InChI=1S/C12H13F2N3OS/c1-2-5-15-7-11-16-17-12(19-11)18-8-3-4-9(13)10(14)6-8/h3-4,6,15H,2,5,7H2,1H3. The molecule has 0 spiro atoms. The first-order chi connectivity index (χ1) is 9.19. The van der Waals surface area contributed by atoms with Crippen LogP contribution in [0.15, 0.2) is 18.2 Å². The molecule has 0 fully saturated rings. The molecular weight excluding hydrogens is 272 g/mol. The second kappa shape index (κ2) is 6.53. The molecule has 0 unspecified atom stereocenters. The van der Waals surface area contributed by atoms with E-state index in [-0.39, 0.29) is 5.75 Å². The Kier molecular flexibility index (Phi) is 4.75. The van der Waals surface area contributed by atoms with Crippen LogP contribution in [0.2, 0.25) is 0 Å². The zero-order chi connectivity index (χ0) is 13.7. The fraction of sp³-hybridized carbons (Fsp3) is 0.333. The van der Waals surface area contributed by atoms with Crippen molar-refractivity contribution in [1.29, 1.82) is 0 Å². The van der Waals surface area contributed by atoms with Crippen molar-refractivity contribution in [2.75, 3.05) is 6.54 Å². The van der Waals surface area contributed by atoms with E-state index < -0.39 is 11.6 Å². The maximum atomic E-state index is 13.0. The van der Waals surface area contributed by atoms with Gasteiger partial charge in [-0.3, -0.25) is 0 Å². The van der Waals surface area contributed by atoms with Crippen molar-refractivity contribution in [3.8, 4) is 10.9 Å². The minimum absolute atomic E-state index is 0.197. The molecule has 19 heavy (non-hydrogen) atoms. The van der Waals surface area contributed by atoms with Crippen molar-refractivity contribution in [3.05, 3.63) is 34.8 Å². The van der Waals surface area contributed by atoms with Gasteiger partial charge in [-0.1, -0.05) is 23.4 Å². The highest BCUT2D eigenvalue weighted by Gasteiger charge is 2.08. The van der Waals surface area contributed by atoms with Gasteiger partial charge in [-0.05, 0) is 25.1 Å².